The van der Waals surface area contributed by atoms with Crippen LogP contribution in [0.4, 0.5) is 0 Å². The van der Waals surface area contributed by atoms with Crippen molar-refractivity contribution in [2.45, 2.75) is 122 Å². The van der Waals surface area contributed by atoms with Gasteiger partial charge in [0.2, 0.25) is 0 Å². The number of ether oxygens (including phenoxy) is 5. The highest BCUT2D eigenvalue weighted by molar-refractivity contribution is 6.99. The van der Waals surface area contributed by atoms with E-state index in [2.05, 4.69) is 103 Å². The van der Waals surface area contributed by atoms with Gasteiger partial charge in [-0.25, -0.2) is 4.79 Å². The van der Waals surface area contributed by atoms with E-state index in [9.17, 15) is 4.79 Å². The first-order chi connectivity index (χ1) is 27.3. The van der Waals surface area contributed by atoms with E-state index in [0.717, 1.165) is 11.3 Å². The van der Waals surface area contributed by atoms with Crippen LogP contribution in [-0.4, -0.2) is 73.1 Å². The standard InChI is InChI=1S/C48H66O8Si2/c1-45(2,3)57(10,11)55-40(35-51-34-37-27-29-39(50-9)30-28-37)33-43-48(56-47(7,8)54-43,36-52-44(49)38-21-15-12-16-22-38)31-32-53-58(46(4,5)6,41-23-17-13-18-24-41)42-25-19-14-20-26-42/h12-30,40,43H,31-36H2,1-11H3/t40-,43+,48+/m0/s1. The summed E-state index contributed by atoms with van der Waals surface area (Å²) in [6.07, 6.45) is 0.0185. The molecule has 0 bridgehead atoms. The summed E-state index contributed by atoms with van der Waals surface area (Å²) in [5.74, 6) is -0.601. The molecule has 58 heavy (non-hydrogen) atoms. The largest absolute Gasteiger partial charge is 0.497 e. The van der Waals surface area contributed by atoms with Gasteiger partial charge in [0.25, 0.3) is 8.32 Å². The quantitative estimate of drug-likeness (QED) is 0.0725. The van der Waals surface area contributed by atoms with Gasteiger partial charge in [0.1, 0.15) is 18.0 Å². The molecular formula is C48H66O8Si2. The summed E-state index contributed by atoms with van der Waals surface area (Å²) in [5, 5.41) is 2.11. The Morgan fingerprint density at radius 2 is 1.33 bits per heavy atom. The smallest absolute Gasteiger partial charge is 0.338 e. The Morgan fingerprint density at radius 1 is 0.776 bits per heavy atom. The zero-order chi connectivity index (χ0) is 42.2. The molecule has 1 fully saturated rings. The zero-order valence-corrected chi connectivity index (χ0v) is 38.6. The molecule has 314 valence electrons. The molecule has 4 aromatic rings. The van der Waals surface area contributed by atoms with E-state index in [-0.39, 0.29) is 22.8 Å². The van der Waals surface area contributed by atoms with Crippen LogP contribution in [0, 0.1) is 0 Å². The van der Waals surface area contributed by atoms with Crippen molar-refractivity contribution < 1.29 is 37.3 Å². The molecule has 0 aliphatic carbocycles. The molecule has 0 N–H and O–H groups in total. The SMILES string of the molecule is COc1ccc(COC[C@H](C[C@H]2OC(C)(C)O[C@]2(CCO[Si](c2ccccc2)(c2ccccc2)C(C)(C)C)COC(=O)c2ccccc2)O[Si](C)(C)C(C)(C)C)cc1. The minimum Gasteiger partial charge on any atom is -0.497 e. The highest BCUT2D eigenvalue weighted by Crippen LogP contribution is 2.44. The van der Waals surface area contributed by atoms with E-state index in [1.165, 1.54) is 10.4 Å². The average molecular weight is 827 g/mol. The normalized spacial score (nSPS) is 19.1. The van der Waals surface area contributed by atoms with Crippen molar-refractivity contribution in [2.75, 3.05) is 26.9 Å². The fourth-order valence-electron chi connectivity index (χ4n) is 7.69. The third kappa shape index (κ3) is 11.0. The molecule has 0 amide bonds. The predicted octanol–water partition coefficient (Wildman–Crippen LogP) is 9.71. The van der Waals surface area contributed by atoms with Crippen molar-refractivity contribution in [3.63, 3.8) is 0 Å². The minimum absolute atomic E-state index is 0.0293. The highest BCUT2D eigenvalue weighted by Gasteiger charge is 2.56. The lowest BCUT2D eigenvalue weighted by Crippen LogP contribution is -2.67. The molecular weight excluding hydrogens is 761 g/mol. The Kier molecular flexibility index (Phi) is 14.7. The summed E-state index contributed by atoms with van der Waals surface area (Å²) < 4.78 is 46.4. The number of hydrogen-bond donors (Lipinski definition) is 0. The first-order valence-electron chi connectivity index (χ1n) is 20.5. The van der Waals surface area contributed by atoms with E-state index in [4.69, 9.17) is 32.5 Å². The lowest BCUT2D eigenvalue weighted by molar-refractivity contribution is -0.173. The Morgan fingerprint density at radius 3 is 1.84 bits per heavy atom. The van der Waals surface area contributed by atoms with Crippen LogP contribution >= 0.6 is 0 Å². The summed E-state index contributed by atoms with van der Waals surface area (Å²) in [7, 11) is -3.53. The second kappa shape index (κ2) is 18.8. The van der Waals surface area contributed by atoms with Crippen LogP contribution in [0.5, 0.6) is 5.75 Å². The molecule has 0 saturated carbocycles. The lowest BCUT2D eigenvalue weighted by atomic mass is 9.90. The van der Waals surface area contributed by atoms with Crippen LogP contribution in [-0.2, 0) is 34.4 Å². The number of methoxy groups -OCH3 is 1. The Hall–Kier alpha value is -3.62. The van der Waals surface area contributed by atoms with Gasteiger partial charge in [0.05, 0.1) is 38.1 Å². The third-order valence-electron chi connectivity index (χ3n) is 11.7. The topological polar surface area (TPSA) is 81.7 Å². The van der Waals surface area contributed by atoms with E-state index < -0.39 is 40.1 Å². The van der Waals surface area contributed by atoms with Crippen LogP contribution < -0.4 is 15.1 Å². The molecule has 10 heteroatoms. The third-order valence-corrected chi connectivity index (χ3v) is 21.2. The number of benzene rings is 4. The van der Waals surface area contributed by atoms with Crippen molar-refractivity contribution in [1.82, 2.24) is 0 Å². The predicted molar refractivity (Wildman–Crippen MR) is 237 cm³/mol. The van der Waals surface area contributed by atoms with Crippen LogP contribution in [0.25, 0.3) is 0 Å². The van der Waals surface area contributed by atoms with Gasteiger partial charge in [0.15, 0.2) is 14.1 Å². The van der Waals surface area contributed by atoms with Crippen LogP contribution in [0.3, 0.4) is 0 Å². The fraction of sp³-hybridized carbons (Fsp3) is 0.479. The van der Waals surface area contributed by atoms with Crippen molar-refractivity contribution in [1.29, 1.82) is 0 Å². The Balaban J connectivity index is 1.50. The van der Waals surface area contributed by atoms with Gasteiger partial charge in [-0.15, -0.1) is 0 Å². The van der Waals surface area contributed by atoms with Gasteiger partial charge in [-0.3, -0.25) is 0 Å². The van der Waals surface area contributed by atoms with Crippen molar-refractivity contribution in [3.8, 4) is 5.75 Å². The van der Waals surface area contributed by atoms with Crippen LogP contribution in [0.15, 0.2) is 115 Å². The molecule has 1 heterocycles. The number of esters is 1. The maximum Gasteiger partial charge on any atom is 0.338 e. The summed E-state index contributed by atoms with van der Waals surface area (Å²) in [5.41, 5.74) is 0.447. The summed E-state index contributed by atoms with van der Waals surface area (Å²) in [6.45, 7) is 23.0. The first kappa shape index (κ1) is 45.5. The summed E-state index contributed by atoms with van der Waals surface area (Å²) in [6, 6.07) is 38.2. The molecule has 1 aliphatic heterocycles. The van der Waals surface area contributed by atoms with Gasteiger partial charge in [-0.2, -0.15) is 0 Å². The monoisotopic (exact) mass is 826 g/mol. The molecule has 1 aliphatic rings. The Labute approximate surface area is 349 Å². The fourth-order valence-corrected chi connectivity index (χ4v) is 13.6. The molecule has 3 atom stereocenters. The molecule has 0 aromatic heterocycles. The van der Waals surface area contributed by atoms with E-state index in [1.807, 2.05) is 68.4 Å². The zero-order valence-electron chi connectivity index (χ0n) is 36.6. The highest BCUT2D eigenvalue weighted by atomic mass is 28.4. The molecule has 8 nitrogen and oxygen atoms in total. The first-order valence-corrected chi connectivity index (χ1v) is 25.4. The van der Waals surface area contributed by atoms with Gasteiger partial charge in [-0.05, 0) is 77.2 Å². The number of carbonyl (C=O) groups is 1. The Bertz CT molecular complexity index is 1830. The van der Waals surface area contributed by atoms with Gasteiger partial charge < -0.3 is 32.5 Å². The lowest BCUT2D eigenvalue weighted by Gasteiger charge is -2.44. The second-order valence-electron chi connectivity index (χ2n) is 18.5. The molecule has 1 saturated heterocycles. The molecule has 0 spiro atoms. The van der Waals surface area contributed by atoms with E-state index in [0.29, 0.717) is 38.2 Å². The molecule has 4 aromatic carbocycles. The average Bonchev–Trinajstić information content (AvgIpc) is 3.44. The van der Waals surface area contributed by atoms with Gasteiger partial charge in [0, 0.05) is 19.4 Å². The second-order valence-corrected chi connectivity index (χ2v) is 27.5. The maximum absolute atomic E-state index is 13.6. The van der Waals surface area contributed by atoms with Crippen molar-refractivity contribution >= 4 is 33.0 Å². The van der Waals surface area contributed by atoms with Crippen LogP contribution in [0.1, 0.15) is 84.2 Å². The summed E-state index contributed by atoms with van der Waals surface area (Å²) in [4.78, 5) is 13.6. The summed E-state index contributed by atoms with van der Waals surface area (Å²) >= 11 is 0. The number of hydrogen-bond acceptors (Lipinski definition) is 8. The minimum atomic E-state index is -2.90. The van der Waals surface area contributed by atoms with Gasteiger partial charge in [-0.1, -0.05) is 133 Å². The molecule has 0 unspecified atom stereocenters. The van der Waals surface area contributed by atoms with Crippen molar-refractivity contribution in [3.05, 3.63) is 126 Å². The van der Waals surface area contributed by atoms with E-state index in [1.54, 1.807) is 19.2 Å². The van der Waals surface area contributed by atoms with Crippen molar-refractivity contribution in [2.24, 2.45) is 0 Å². The van der Waals surface area contributed by atoms with Crippen LogP contribution in [0.2, 0.25) is 23.2 Å². The number of carbonyl (C=O) groups excluding carboxylic acids is 1. The molecule has 0 radical (unpaired) electrons. The van der Waals surface area contributed by atoms with Gasteiger partial charge >= 0.3 is 5.97 Å². The van der Waals surface area contributed by atoms with E-state index >= 15 is 0 Å². The molecule has 5 rings (SSSR count). The maximum atomic E-state index is 13.6. The number of rotatable bonds is 18.